The minimum absolute atomic E-state index is 0.100. The van der Waals surface area contributed by atoms with Gasteiger partial charge in [0.25, 0.3) is 0 Å². The van der Waals surface area contributed by atoms with Gasteiger partial charge in [-0.2, -0.15) is 0 Å². The topological polar surface area (TPSA) is 64.1 Å². The molecule has 27 heavy (non-hydrogen) atoms. The Balaban J connectivity index is 1.76. The average Bonchev–Trinajstić information content (AvgIpc) is 3.10. The summed E-state index contributed by atoms with van der Waals surface area (Å²) in [7, 11) is -3.36. The summed E-state index contributed by atoms with van der Waals surface area (Å²) in [5.74, 6) is -0.158. The summed E-state index contributed by atoms with van der Waals surface area (Å²) in [6.45, 7) is 2.07. The van der Waals surface area contributed by atoms with Crippen molar-refractivity contribution < 1.29 is 13.2 Å². The van der Waals surface area contributed by atoms with Crippen LogP contribution in [0.2, 0.25) is 5.02 Å². The predicted octanol–water partition coefficient (Wildman–Crippen LogP) is 4.85. The molecule has 0 N–H and O–H groups in total. The molecule has 7 heteroatoms. The monoisotopic (exact) mass is 419 g/mol. The van der Waals surface area contributed by atoms with E-state index in [1.807, 2.05) is 29.6 Å². The first kappa shape index (κ1) is 19.7. The predicted molar refractivity (Wildman–Crippen MR) is 110 cm³/mol. The molecule has 2 aromatic carbocycles. The zero-order chi connectivity index (χ0) is 19.6. The van der Waals surface area contributed by atoms with Crippen LogP contribution < -0.4 is 0 Å². The molecule has 0 atom stereocenters. The first-order valence-corrected chi connectivity index (χ1v) is 11.5. The molecule has 0 aliphatic rings. The first-order chi connectivity index (χ1) is 12.8. The highest BCUT2D eigenvalue weighted by molar-refractivity contribution is 7.90. The second kappa shape index (κ2) is 7.92. The Kier molecular flexibility index (Phi) is 5.79. The van der Waals surface area contributed by atoms with Gasteiger partial charge in [-0.05, 0) is 30.2 Å². The van der Waals surface area contributed by atoms with E-state index < -0.39 is 9.84 Å². The van der Waals surface area contributed by atoms with Crippen LogP contribution in [0.15, 0.2) is 52.7 Å². The molecule has 4 nitrogen and oxygen atoms in total. The average molecular weight is 420 g/mol. The number of aromatic nitrogens is 1. The van der Waals surface area contributed by atoms with Crippen molar-refractivity contribution in [3.05, 3.63) is 69.0 Å². The number of Topliss-reactive ketones (excluding diaryl/α,β-unsaturated/α-hetero) is 1. The lowest BCUT2D eigenvalue weighted by molar-refractivity contribution is 0.0993. The summed E-state index contributed by atoms with van der Waals surface area (Å²) in [6, 6.07) is 11.9. The van der Waals surface area contributed by atoms with E-state index in [9.17, 15) is 13.2 Å². The smallest absolute Gasteiger partial charge is 0.175 e. The molecule has 0 unspecified atom stereocenters. The van der Waals surface area contributed by atoms with Crippen LogP contribution >= 0.6 is 22.9 Å². The van der Waals surface area contributed by atoms with Gasteiger partial charge in [0.05, 0.1) is 20.6 Å². The number of rotatable bonds is 6. The molecule has 140 valence electrons. The Bertz CT molecular complexity index is 1090. The van der Waals surface area contributed by atoms with Gasteiger partial charge < -0.3 is 0 Å². The van der Waals surface area contributed by atoms with Gasteiger partial charge in [-0.3, -0.25) is 4.79 Å². The van der Waals surface area contributed by atoms with Crippen molar-refractivity contribution >= 4 is 38.6 Å². The molecule has 0 aliphatic carbocycles. The largest absolute Gasteiger partial charge is 0.294 e. The molecular weight excluding hydrogens is 402 g/mol. The highest BCUT2D eigenvalue weighted by Crippen LogP contribution is 2.25. The number of aryl methyl sites for hydroxylation is 1. The summed E-state index contributed by atoms with van der Waals surface area (Å²) < 4.78 is 23.2. The third kappa shape index (κ3) is 4.64. The molecule has 0 radical (unpaired) electrons. The van der Waals surface area contributed by atoms with Gasteiger partial charge in [0, 0.05) is 29.2 Å². The Morgan fingerprint density at radius 2 is 1.85 bits per heavy atom. The maximum atomic E-state index is 12.5. The number of carbonyl (C=O) groups is 1. The highest BCUT2D eigenvalue weighted by atomic mass is 35.5. The minimum Gasteiger partial charge on any atom is -0.294 e. The first-order valence-electron chi connectivity index (χ1n) is 8.34. The fraction of sp³-hybridized carbons (Fsp3) is 0.200. The van der Waals surface area contributed by atoms with Crippen molar-refractivity contribution in [1.82, 2.24) is 4.98 Å². The van der Waals surface area contributed by atoms with Crippen LogP contribution in [0.25, 0.3) is 11.3 Å². The highest BCUT2D eigenvalue weighted by Gasteiger charge is 2.15. The Morgan fingerprint density at radius 3 is 2.41 bits per heavy atom. The molecule has 1 aromatic heterocycles. The van der Waals surface area contributed by atoms with E-state index in [4.69, 9.17) is 11.6 Å². The molecule has 3 aromatic rings. The van der Waals surface area contributed by atoms with Gasteiger partial charge in [-0.15, -0.1) is 11.3 Å². The van der Waals surface area contributed by atoms with Crippen LogP contribution in [0.5, 0.6) is 0 Å². The molecule has 3 rings (SSSR count). The minimum atomic E-state index is -3.36. The molecule has 0 bridgehead atoms. The van der Waals surface area contributed by atoms with Crippen LogP contribution in [0.1, 0.15) is 27.9 Å². The SMILES string of the molecule is CCc1nc(-c2ccc(CC(=O)c3ccc(S(C)(=O)=O)cc3Cl)cc2)cs1. The number of halogens is 1. The van der Waals surface area contributed by atoms with Gasteiger partial charge in [0.2, 0.25) is 0 Å². The maximum absolute atomic E-state index is 12.5. The van der Waals surface area contributed by atoms with Crippen molar-refractivity contribution in [2.75, 3.05) is 6.26 Å². The third-order valence-corrected chi connectivity index (χ3v) is 6.55. The van der Waals surface area contributed by atoms with Crippen molar-refractivity contribution in [2.24, 2.45) is 0 Å². The summed E-state index contributed by atoms with van der Waals surface area (Å²) in [5.41, 5.74) is 3.13. The lowest BCUT2D eigenvalue weighted by Crippen LogP contribution is -2.06. The number of hydrogen-bond donors (Lipinski definition) is 0. The maximum Gasteiger partial charge on any atom is 0.175 e. The standard InChI is InChI=1S/C20H18ClNO3S2/c1-3-20-22-18(12-26-20)14-6-4-13(5-7-14)10-19(23)16-9-8-15(11-17(16)21)27(2,24)25/h4-9,11-12H,3,10H2,1-2H3. The molecule has 0 saturated carbocycles. The second-order valence-corrected chi connectivity index (χ2v) is 9.56. The van der Waals surface area contributed by atoms with Gasteiger partial charge in [-0.25, -0.2) is 13.4 Å². The molecule has 0 fully saturated rings. The summed E-state index contributed by atoms with van der Waals surface area (Å²) in [5, 5.41) is 3.27. The van der Waals surface area contributed by atoms with Crippen LogP contribution in [-0.4, -0.2) is 25.4 Å². The van der Waals surface area contributed by atoms with Crippen LogP contribution in [0, 0.1) is 0 Å². The lowest BCUT2D eigenvalue weighted by atomic mass is 10.0. The van der Waals surface area contributed by atoms with Crippen LogP contribution in [0.4, 0.5) is 0 Å². The summed E-state index contributed by atoms with van der Waals surface area (Å²) >= 11 is 7.76. The molecule has 0 amide bonds. The third-order valence-electron chi connectivity index (χ3n) is 4.14. The lowest BCUT2D eigenvalue weighted by Gasteiger charge is -2.07. The number of nitrogens with zero attached hydrogens (tertiary/aromatic N) is 1. The summed E-state index contributed by atoms with van der Waals surface area (Å²) in [4.78, 5) is 17.2. The Morgan fingerprint density at radius 1 is 1.15 bits per heavy atom. The zero-order valence-corrected chi connectivity index (χ0v) is 17.3. The molecule has 0 saturated heterocycles. The second-order valence-electron chi connectivity index (χ2n) is 6.19. The molecule has 0 aliphatic heterocycles. The van der Waals surface area contributed by atoms with Crippen molar-refractivity contribution in [3.63, 3.8) is 0 Å². The fourth-order valence-corrected chi connectivity index (χ4v) is 4.38. The van der Waals surface area contributed by atoms with Crippen LogP contribution in [0.3, 0.4) is 0 Å². The van der Waals surface area contributed by atoms with E-state index in [1.54, 1.807) is 11.3 Å². The van der Waals surface area contributed by atoms with E-state index in [0.29, 0.717) is 5.56 Å². The van der Waals surface area contributed by atoms with E-state index in [0.717, 1.165) is 34.5 Å². The van der Waals surface area contributed by atoms with E-state index >= 15 is 0 Å². The number of thiazole rings is 1. The van der Waals surface area contributed by atoms with Crippen LogP contribution in [-0.2, 0) is 22.7 Å². The molecule has 0 spiro atoms. The number of benzene rings is 2. The van der Waals surface area contributed by atoms with E-state index in [-0.39, 0.29) is 22.1 Å². The quantitative estimate of drug-likeness (QED) is 0.535. The fourth-order valence-electron chi connectivity index (χ4n) is 2.63. The van der Waals surface area contributed by atoms with E-state index in [1.165, 1.54) is 18.2 Å². The van der Waals surface area contributed by atoms with Gasteiger partial charge in [0.1, 0.15) is 0 Å². The summed E-state index contributed by atoms with van der Waals surface area (Å²) in [6.07, 6.45) is 2.21. The zero-order valence-electron chi connectivity index (χ0n) is 14.9. The van der Waals surface area contributed by atoms with Gasteiger partial charge in [0.15, 0.2) is 15.6 Å². The van der Waals surface area contributed by atoms with Gasteiger partial charge >= 0.3 is 0 Å². The molecule has 1 heterocycles. The van der Waals surface area contributed by atoms with Crippen molar-refractivity contribution in [3.8, 4) is 11.3 Å². The number of carbonyl (C=O) groups excluding carboxylic acids is 1. The number of ketones is 1. The number of hydrogen-bond acceptors (Lipinski definition) is 5. The Hall–Kier alpha value is -2.02. The Labute approximate surface area is 167 Å². The van der Waals surface area contributed by atoms with E-state index in [2.05, 4.69) is 11.9 Å². The normalized spacial score (nSPS) is 11.5. The van der Waals surface area contributed by atoms with Crippen molar-refractivity contribution in [1.29, 1.82) is 0 Å². The van der Waals surface area contributed by atoms with Crippen molar-refractivity contribution in [2.45, 2.75) is 24.7 Å². The number of sulfone groups is 1. The molecular formula is C20H18ClNO3S2. The van der Waals surface area contributed by atoms with Gasteiger partial charge in [-0.1, -0.05) is 42.8 Å².